The number of hydrogen-bond acceptors (Lipinski definition) is 5. The molecule has 1 saturated heterocycles. The second-order valence-corrected chi connectivity index (χ2v) is 5.46. The van der Waals surface area contributed by atoms with E-state index in [0.717, 1.165) is 36.2 Å². The van der Waals surface area contributed by atoms with E-state index in [1.165, 1.54) is 0 Å². The molecule has 0 saturated carbocycles. The van der Waals surface area contributed by atoms with Gasteiger partial charge in [0.15, 0.2) is 11.5 Å². The Kier molecular flexibility index (Phi) is 5.24. The lowest BCUT2D eigenvalue weighted by Crippen LogP contribution is -2.44. The van der Waals surface area contributed by atoms with Gasteiger partial charge in [-0.25, -0.2) is 0 Å². The average molecular weight is 340 g/mol. The van der Waals surface area contributed by atoms with Crippen LogP contribution in [0.2, 0.25) is 0 Å². The maximum absolute atomic E-state index is 9.58. The van der Waals surface area contributed by atoms with E-state index in [1.807, 2.05) is 12.1 Å². The summed E-state index contributed by atoms with van der Waals surface area (Å²) in [6.07, 6.45) is 0. The predicted molar refractivity (Wildman–Crippen MR) is 80.0 cm³/mol. The molecule has 0 bridgehead atoms. The van der Waals surface area contributed by atoms with Crippen LogP contribution in [0.1, 0.15) is 11.6 Å². The van der Waals surface area contributed by atoms with Crippen LogP contribution in [-0.4, -0.2) is 45.3 Å². The molecule has 1 aliphatic rings. The third kappa shape index (κ3) is 3.06. The van der Waals surface area contributed by atoms with Crippen LogP contribution in [0, 0.1) is 11.3 Å². The molecule has 1 atom stereocenters. The van der Waals surface area contributed by atoms with Gasteiger partial charge in [0.1, 0.15) is 6.04 Å². The van der Waals surface area contributed by atoms with Gasteiger partial charge in [-0.05, 0) is 12.1 Å². The Morgan fingerprint density at radius 2 is 2.00 bits per heavy atom. The van der Waals surface area contributed by atoms with Crippen molar-refractivity contribution >= 4 is 15.9 Å². The highest BCUT2D eigenvalue weighted by Gasteiger charge is 2.26. The molecule has 1 aromatic carbocycles. The summed E-state index contributed by atoms with van der Waals surface area (Å²) in [5.41, 5.74) is 0.836. The van der Waals surface area contributed by atoms with Gasteiger partial charge in [0.25, 0.3) is 0 Å². The van der Waals surface area contributed by atoms with Crippen LogP contribution in [-0.2, 0) is 0 Å². The molecule has 6 heteroatoms. The third-order valence-electron chi connectivity index (χ3n) is 3.41. The smallest absolute Gasteiger partial charge is 0.166 e. The minimum atomic E-state index is -0.335. The van der Waals surface area contributed by atoms with Crippen LogP contribution in [0.3, 0.4) is 0 Å². The van der Waals surface area contributed by atoms with Crippen LogP contribution in [0.15, 0.2) is 16.6 Å². The molecule has 0 spiro atoms. The molecule has 0 aromatic heterocycles. The molecule has 0 amide bonds. The zero-order chi connectivity index (χ0) is 14.5. The van der Waals surface area contributed by atoms with E-state index >= 15 is 0 Å². The van der Waals surface area contributed by atoms with Crippen molar-refractivity contribution < 1.29 is 9.47 Å². The van der Waals surface area contributed by atoms with Crippen LogP contribution in [0.4, 0.5) is 0 Å². The first-order chi connectivity index (χ1) is 9.71. The summed E-state index contributed by atoms with van der Waals surface area (Å²) < 4.78 is 11.7. The molecule has 0 radical (unpaired) electrons. The molecule has 1 N–H and O–H groups in total. The molecule has 1 heterocycles. The minimum Gasteiger partial charge on any atom is -0.493 e. The van der Waals surface area contributed by atoms with Gasteiger partial charge in [0.05, 0.1) is 20.3 Å². The van der Waals surface area contributed by atoms with Gasteiger partial charge in [-0.15, -0.1) is 0 Å². The summed E-state index contributed by atoms with van der Waals surface area (Å²) in [5, 5.41) is 12.9. The number of hydrogen-bond donors (Lipinski definition) is 1. The zero-order valence-electron chi connectivity index (χ0n) is 11.6. The fourth-order valence-corrected chi connectivity index (χ4v) is 2.90. The van der Waals surface area contributed by atoms with Gasteiger partial charge in [0.2, 0.25) is 0 Å². The number of halogens is 1. The predicted octanol–water partition coefficient (Wildman–Crippen LogP) is 1.94. The molecule has 20 heavy (non-hydrogen) atoms. The van der Waals surface area contributed by atoms with Gasteiger partial charge in [-0.1, -0.05) is 15.9 Å². The molecule has 1 aromatic rings. The highest BCUT2D eigenvalue weighted by atomic mass is 79.9. The standard InChI is InChI=1S/C14H18BrN3O2/c1-19-13-8-10(15)7-11(14(13)20-2)12(9-16)18-5-3-17-4-6-18/h7-8,12,17H,3-6H2,1-2H3. The van der Waals surface area contributed by atoms with Crippen molar-refractivity contribution in [3.8, 4) is 17.6 Å². The average Bonchev–Trinajstić information content (AvgIpc) is 2.48. The fraction of sp³-hybridized carbons (Fsp3) is 0.500. The van der Waals surface area contributed by atoms with E-state index < -0.39 is 0 Å². The van der Waals surface area contributed by atoms with Gasteiger partial charge in [-0.2, -0.15) is 5.26 Å². The molecular weight excluding hydrogens is 322 g/mol. The summed E-state index contributed by atoms with van der Waals surface area (Å²) in [6.45, 7) is 3.48. The highest BCUT2D eigenvalue weighted by Crippen LogP contribution is 2.39. The number of rotatable bonds is 4. The van der Waals surface area contributed by atoms with Crippen molar-refractivity contribution in [3.05, 3.63) is 22.2 Å². The van der Waals surface area contributed by atoms with Gasteiger partial charge >= 0.3 is 0 Å². The van der Waals surface area contributed by atoms with E-state index in [4.69, 9.17) is 9.47 Å². The van der Waals surface area contributed by atoms with Crippen LogP contribution < -0.4 is 14.8 Å². The second-order valence-electron chi connectivity index (χ2n) is 4.55. The molecular formula is C14H18BrN3O2. The molecule has 1 unspecified atom stereocenters. The van der Waals surface area contributed by atoms with Crippen molar-refractivity contribution in [2.24, 2.45) is 0 Å². The molecule has 1 aliphatic heterocycles. The van der Waals surface area contributed by atoms with E-state index in [2.05, 4.69) is 32.2 Å². The van der Waals surface area contributed by atoms with Crippen molar-refractivity contribution in [3.63, 3.8) is 0 Å². The minimum absolute atomic E-state index is 0.335. The topological polar surface area (TPSA) is 57.5 Å². The SMILES string of the molecule is COc1cc(Br)cc(C(C#N)N2CCNCC2)c1OC. The second kappa shape index (κ2) is 6.93. The molecule has 0 aliphatic carbocycles. The first kappa shape index (κ1) is 15.1. The highest BCUT2D eigenvalue weighted by molar-refractivity contribution is 9.10. The van der Waals surface area contributed by atoms with E-state index in [-0.39, 0.29) is 6.04 Å². The van der Waals surface area contributed by atoms with Gasteiger partial charge < -0.3 is 14.8 Å². The Morgan fingerprint density at radius 3 is 2.55 bits per heavy atom. The number of nitrogens with one attached hydrogen (secondary N) is 1. The van der Waals surface area contributed by atoms with E-state index in [9.17, 15) is 5.26 Å². The number of piperazine rings is 1. The maximum atomic E-state index is 9.58. The quantitative estimate of drug-likeness (QED) is 0.908. The number of nitriles is 1. The van der Waals surface area contributed by atoms with E-state index in [0.29, 0.717) is 11.5 Å². The molecule has 1 fully saturated rings. The number of benzene rings is 1. The van der Waals surface area contributed by atoms with Crippen LogP contribution in [0.25, 0.3) is 0 Å². The van der Waals surface area contributed by atoms with E-state index in [1.54, 1.807) is 14.2 Å². The summed E-state index contributed by atoms with van der Waals surface area (Å²) in [5.74, 6) is 1.26. The molecule has 5 nitrogen and oxygen atoms in total. The zero-order valence-corrected chi connectivity index (χ0v) is 13.2. The fourth-order valence-electron chi connectivity index (χ4n) is 2.45. The number of nitrogens with zero attached hydrogens (tertiary/aromatic N) is 2. The Hall–Kier alpha value is -1.29. The number of methoxy groups -OCH3 is 2. The van der Waals surface area contributed by atoms with Gasteiger partial charge in [0, 0.05) is 36.2 Å². The maximum Gasteiger partial charge on any atom is 0.166 e. The Balaban J connectivity index is 2.42. The normalized spacial score (nSPS) is 17.3. The Labute approximate surface area is 127 Å². The van der Waals surface area contributed by atoms with Crippen molar-refractivity contribution in [2.75, 3.05) is 40.4 Å². The van der Waals surface area contributed by atoms with Crippen molar-refractivity contribution in [1.82, 2.24) is 10.2 Å². The van der Waals surface area contributed by atoms with Crippen LogP contribution >= 0.6 is 15.9 Å². The summed E-state index contributed by atoms with van der Waals surface area (Å²) in [4.78, 5) is 2.15. The van der Waals surface area contributed by atoms with Gasteiger partial charge in [-0.3, -0.25) is 4.90 Å². The lowest BCUT2D eigenvalue weighted by molar-refractivity contribution is 0.203. The monoisotopic (exact) mass is 339 g/mol. The largest absolute Gasteiger partial charge is 0.493 e. The Bertz CT molecular complexity index is 510. The number of ether oxygens (including phenoxy) is 2. The summed E-state index contributed by atoms with van der Waals surface area (Å²) in [7, 11) is 3.20. The summed E-state index contributed by atoms with van der Waals surface area (Å²) >= 11 is 3.46. The van der Waals surface area contributed by atoms with Crippen LogP contribution in [0.5, 0.6) is 11.5 Å². The third-order valence-corrected chi connectivity index (χ3v) is 3.86. The molecule has 108 valence electrons. The lowest BCUT2D eigenvalue weighted by atomic mass is 10.0. The van der Waals surface area contributed by atoms with Crippen molar-refractivity contribution in [1.29, 1.82) is 5.26 Å². The van der Waals surface area contributed by atoms with Crippen molar-refractivity contribution in [2.45, 2.75) is 6.04 Å². The first-order valence-corrected chi connectivity index (χ1v) is 7.26. The Morgan fingerprint density at radius 1 is 1.30 bits per heavy atom. The molecule has 2 rings (SSSR count). The first-order valence-electron chi connectivity index (χ1n) is 6.47. The summed E-state index contributed by atoms with van der Waals surface area (Å²) in [6, 6.07) is 5.82. The lowest BCUT2D eigenvalue weighted by Gasteiger charge is -2.32.